The summed E-state index contributed by atoms with van der Waals surface area (Å²) in [7, 11) is 0. The first-order chi connectivity index (χ1) is 16.7. The Bertz CT molecular complexity index is 1360. The van der Waals surface area contributed by atoms with Gasteiger partial charge in [0.1, 0.15) is 10.7 Å². The Morgan fingerprint density at radius 1 is 1.23 bits per heavy atom. The first-order valence-electron chi connectivity index (χ1n) is 12.1. The Morgan fingerprint density at radius 3 is 2.80 bits per heavy atom. The molecule has 2 saturated heterocycles. The van der Waals surface area contributed by atoms with E-state index in [9.17, 15) is 14.7 Å². The van der Waals surface area contributed by atoms with Crippen molar-refractivity contribution < 1.29 is 14.7 Å². The molecule has 0 spiro atoms. The van der Waals surface area contributed by atoms with Crippen molar-refractivity contribution >= 4 is 45.2 Å². The van der Waals surface area contributed by atoms with Crippen molar-refractivity contribution in [2.24, 2.45) is 0 Å². The summed E-state index contributed by atoms with van der Waals surface area (Å²) in [6.45, 7) is 3.91. The molecule has 2 amide bonds. The first-order valence-corrected chi connectivity index (χ1v) is 13.3. The molecular weight excluding hydrogens is 484 g/mol. The molecule has 2 N–H and O–H groups in total. The van der Waals surface area contributed by atoms with Crippen molar-refractivity contribution in [3.05, 3.63) is 57.3 Å². The van der Waals surface area contributed by atoms with Crippen molar-refractivity contribution in [1.82, 2.24) is 20.2 Å². The molecule has 5 unspecified atom stereocenters. The quantitative estimate of drug-likeness (QED) is 0.468. The molecule has 3 aromatic rings. The molecule has 6 rings (SSSR count). The third-order valence-electron chi connectivity index (χ3n) is 8.02. The van der Waals surface area contributed by atoms with Crippen LogP contribution >= 0.6 is 22.9 Å². The molecule has 9 heteroatoms. The molecule has 182 valence electrons. The first kappa shape index (κ1) is 22.7. The minimum atomic E-state index is -0.864. The van der Waals surface area contributed by atoms with Crippen molar-refractivity contribution in [2.75, 3.05) is 0 Å². The topological polar surface area (TPSA) is 95.4 Å². The van der Waals surface area contributed by atoms with Crippen LogP contribution < -0.4 is 5.32 Å². The summed E-state index contributed by atoms with van der Waals surface area (Å²) in [4.78, 5) is 36.6. The fraction of sp³-hybridized carbons (Fsp3) is 0.462. The maximum atomic E-state index is 13.0. The van der Waals surface area contributed by atoms with Crippen molar-refractivity contribution in [1.29, 1.82) is 0 Å². The minimum Gasteiger partial charge on any atom is -0.465 e. The maximum Gasteiger partial charge on any atom is 0.408 e. The van der Waals surface area contributed by atoms with Gasteiger partial charge in [-0.1, -0.05) is 17.7 Å². The van der Waals surface area contributed by atoms with Crippen LogP contribution in [0.25, 0.3) is 10.2 Å². The zero-order chi connectivity index (χ0) is 24.5. The lowest BCUT2D eigenvalue weighted by atomic mass is 9.87. The van der Waals surface area contributed by atoms with Gasteiger partial charge in [0.2, 0.25) is 0 Å². The highest BCUT2D eigenvalue weighted by molar-refractivity contribution is 7.16. The summed E-state index contributed by atoms with van der Waals surface area (Å²) < 4.78 is 0. The largest absolute Gasteiger partial charge is 0.465 e. The van der Waals surface area contributed by atoms with E-state index in [0.29, 0.717) is 29.3 Å². The number of halogens is 1. The van der Waals surface area contributed by atoms with Crippen LogP contribution in [0.15, 0.2) is 29.6 Å². The average molecular weight is 511 g/mol. The average Bonchev–Trinajstić information content (AvgIpc) is 3.37. The number of hydrogen-bond acceptors (Lipinski definition) is 5. The smallest absolute Gasteiger partial charge is 0.408 e. The molecule has 2 bridgehead atoms. The second-order valence-corrected chi connectivity index (χ2v) is 11.7. The molecule has 35 heavy (non-hydrogen) atoms. The summed E-state index contributed by atoms with van der Waals surface area (Å²) in [6, 6.07) is 7.59. The van der Waals surface area contributed by atoms with Gasteiger partial charge in [-0.3, -0.25) is 9.69 Å². The molecular formula is C26H27ClN4O3S. The number of carbonyl (C=O) groups excluding carboxylic acids is 1. The van der Waals surface area contributed by atoms with Gasteiger partial charge in [-0.2, -0.15) is 0 Å². The number of nitrogens with one attached hydrogen (secondary N) is 1. The Hall–Kier alpha value is -2.71. The predicted molar refractivity (Wildman–Crippen MR) is 135 cm³/mol. The van der Waals surface area contributed by atoms with Crippen LogP contribution in [0.4, 0.5) is 4.79 Å². The predicted octanol–water partition coefficient (Wildman–Crippen LogP) is 5.72. The van der Waals surface area contributed by atoms with Crippen molar-refractivity contribution in [3.8, 4) is 0 Å². The van der Waals surface area contributed by atoms with E-state index in [4.69, 9.17) is 16.6 Å². The van der Waals surface area contributed by atoms with E-state index >= 15 is 0 Å². The van der Waals surface area contributed by atoms with E-state index in [1.165, 1.54) is 0 Å². The van der Waals surface area contributed by atoms with E-state index in [0.717, 1.165) is 46.6 Å². The number of carbonyl (C=O) groups is 2. The van der Waals surface area contributed by atoms with Gasteiger partial charge >= 0.3 is 6.09 Å². The van der Waals surface area contributed by atoms with E-state index in [-0.39, 0.29) is 23.9 Å². The Labute approximate surface area is 212 Å². The monoisotopic (exact) mass is 510 g/mol. The molecule has 3 aliphatic rings. The molecule has 7 nitrogen and oxygen atoms in total. The van der Waals surface area contributed by atoms with Gasteiger partial charge in [-0.15, -0.1) is 11.3 Å². The van der Waals surface area contributed by atoms with Gasteiger partial charge in [0.25, 0.3) is 5.91 Å². The van der Waals surface area contributed by atoms with Crippen LogP contribution in [0.1, 0.15) is 78.3 Å². The number of aryl methyl sites for hydroxylation is 1. The summed E-state index contributed by atoms with van der Waals surface area (Å²) in [5.41, 5.74) is 2.26. The lowest BCUT2D eigenvalue weighted by Gasteiger charge is -2.44. The lowest BCUT2D eigenvalue weighted by Crippen LogP contribution is -2.57. The van der Waals surface area contributed by atoms with Gasteiger partial charge in [-0.25, -0.2) is 14.8 Å². The van der Waals surface area contributed by atoms with E-state index in [1.807, 2.05) is 26.0 Å². The fourth-order valence-corrected chi connectivity index (χ4v) is 7.52. The van der Waals surface area contributed by atoms with Crippen LogP contribution in [-0.2, 0) is 0 Å². The number of aromatic nitrogens is 2. The van der Waals surface area contributed by atoms with Gasteiger partial charge in [0.15, 0.2) is 0 Å². The Balaban J connectivity index is 1.16. The molecule has 5 atom stereocenters. The van der Waals surface area contributed by atoms with E-state index in [2.05, 4.69) is 21.7 Å². The summed E-state index contributed by atoms with van der Waals surface area (Å²) in [5.74, 6) is 1.22. The third kappa shape index (κ3) is 3.87. The van der Waals surface area contributed by atoms with Crippen LogP contribution in [0.5, 0.6) is 0 Å². The molecule has 1 saturated carbocycles. The van der Waals surface area contributed by atoms with Crippen LogP contribution in [-0.4, -0.2) is 49.6 Å². The van der Waals surface area contributed by atoms with Crippen molar-refractivity contribution in [3.63, 3.8) is 0 Å². The number of benzene rings is 1. The zero-order valence-electron chi connectivity index (χ0n) is 19.6. The lowest BCUT2D eigenvalue weighted by molar-refractivity contribution is 0.0476. The summed E-state index contributed by atoms with van der Waals surface area (Å²) in [5, 5.41) is 16.5. The van der Waals surface area contributed by atoms with E-state index < -0.39 is 11.6 Å². The van der Waals surface area contributed by atoms with E-state index in [1.54, 1.807) is 22.3 Å². The molecule has 3 fully saturated rings. The number of hydrogen-bond donors (Lipinski definition) is 2. The number of carboxylic acid groups (broad SMARTS) is 1. The molecule has 2 aliphatic heterocycles. The SMILES string of the molecule is Cc1nc(C2CC2c2ccc(C(=O)NC3CC4CCC(C)(C3)N4C(=O)O)cc2Cl)c2ccsc2n1. The minimum absolute atomic E-state index is 0.0329. The molecule has 1 aromatic carbocycles. The Morgan fingerprint density at radius 2 is 2.06 bits per heavy atom. The van der Waals surface area contributed by atoms with Crippen LogP contribution in [0, 0.1) is 6.92 Å². The summed E-state index contributed by atoms with van der Waals surface area (Å²) >= 11 is 8.31. The summed E-state index contributed by atoms with van der Waals surface area (Å²) in [6.07, 6.45) is 3.09. The standard InChI is InChI=1S/C26H27ClN4O3S/c1-13-28-22(18-6-8-35-24(18)29-13)20-11-19(20)17-4-3-14(9-21(17)27)23(32)30-15-10-16-5-7-26(2,12-15)31(16)25(33)34/h3-4,6,8-9,15-16,19-20H,5,7,10-12H2,1-2H3,(H,30,32)(H,33,34). The van der Waals surface area contributed by atoms with Crippen molar-refractivity contribution in [2.45, 2.75) is 75.4 Å². The number of amides is 2. The second kappa shape index (κ2) is 8.17. The van der Waals surface area contributed by atoms with Gasteiger partial charge < -0.3 is 10.4 Å². The number of rotatable bonds is 4. The highest BCUT2D eigenvalue weighted by Gasteiger charge is 2.51. The third-order valence-corrected chi connectivity index (χ3v) is 9.15. The fourth-order valence-electron chi connectivity index (χ4n) is 6.38. The van der Waals surface area contributed by atoms with Gasteiger partial charge in [-0.05, 0) is 81.0 Å². The highest BCUT2D eigenvalue weighted by Crippen LogP contribution is 2.57. The molecule has 4 heterocycles. The molecule has 1 aliphatic carbocycles. The zero-order valence-corrected chi connectivity index (χ0v) is 21.2. The van der Waals surface area contributed by atoms with Gasteiger partial charge in [0, 0.05) is 39.5 Å². The highest BCUT2D eigenvalue weighted by atomic mass is 35.5. The number of thiophene rings is 1. The van der Waals surface area contributed by atoms with Gasteiger partial charge in [0.05, 0.1) is 5.69 Å². The van der Waals surface area contributed by atoms with Crippen LogP contribution in [0.3, 0.4) is 0 Å². The number of nitrogens with zero attached hydrogens (tertiary/aromatic N) is 3. The second-order valence-electron chi connectivity index (χ2n) is 10.4. The molecule has 2 aromatic heterocycles. The van der Waals surface area contributed by atoms with Crippen LogP contribution in [0.2, 0.25) is 5.02 Å². The molecule has 0 radical (unpaired) electrons. The maximum absolute atomic E-state index is 13.0. The Kier molecular flexibility index (Phi) is 5.30. The normalized spacial score (nSPS) is 29.4. The number of fused-ring (bicyclic) bond motifs is 3. The number of piperidine rings is 1.